The molecule has 3 nitrogen and oxygen atoms in total. The maximum atomic E-state index is 10.9. The molecule has 0 aliphatic rings. The molecule has 0 spiro atoms. The van der Waals surface area contributed by atoms with Crippen molar-refractivity contribution >= 4 is 50.6 Å². The fourth-order valence-electron chi connectivity index (χ4n) is 7.43. The van der Waals surface area contributed by atoms with Crippen molar-refractivity contribution in [2.45, 2.75) is 0 Å². The number of para-hydroxylation sites is 2. The fourth-order valence-corrected chi connectivity index (χ4v) is 12.3. The van der Waals surface area contributed by atoms with Crippen LogP contribution in [0.15, 0.2) is 176 Å². The molecule has 7 aromatic carbocycles. The third kappa shape index (κ3) is 4.48. The third-order valence-electron chi connectivity index (χ3n) is 9.45. The predicted molar refractivity (Wildman–Crippen MR) is 199 cm³/mol. The van der Waals surface area contributed by atoms with Crippen LogP contribution in [-0.2, 0) is 0 Å². The molecule has 0 N–H and O–H groups in total. The molecule has 0 aliphatic carbocycles. The van der Waals surface area contributed by atoms with Crippen molar-refractivity contribution in [1.29, 1.82) is 10.5 Å². The molecule has 0 aliphatic heterocycles. The molecule has 0 radical (unpaired) electrons. The number of benzene rings is 7. The van der Waals surface area contributed by atoms with Gasteiger partial charge in [0.2, 0.25) is 0 Å². The van der Waals surface area contributed by atoms with E-state index in [2.05, 4.69) is 138 Å². The minimum Gasteiger partial charge on any atom is -0.308 e. The molecule has 1 heterocycles. The lowest BCUT2D eigenvalue weighted by Gasteiger charge is -2.35. The second kappa shape index (κ2) is 12.0. The van der Waals surface area contributed by atoms with Crippen LogP contribution in [0.3, 0.4) is 0 Å². The smallest absolute Gasteiger partial charge is 0.180 e. The number of aromatic nitrogens is 1. The average molecular weight is 628 g/mol. The van der Waals surface area contributed by atoms with Crippen molar-refractivity contribution in [1.82, 2.24) is 4.57 Å². The minimum atomic E-state index is -2.92. The molecule has 8 aromatic rings. The standard InChI is InChI=1S/C44H29N3Si/c45-30-33-29-32(37-23-14-26-43(40(37)31-46)47-41-24-12-10-21-38(41)39-22-11-13-25-42(39)47)27-28-44(33)48(34-15-4-1-5-16-34,35-17-6-2-7-18-35)36-19-8-3-9-20-36/h1-29H. The number of fused-ring (bicyclic) bond motifs is 3. The van der Waals surface area contributed by atoms with E-state index in [4.69, 9.17) is 0 Å². The van der Waals surface area contributed by atoms with Crippen LogP contribution in [0.25, 0.3) is 38.6 Å². The molecule has 0 saturated carbocycles. The predicted octanol–water partition coefficient (Wildman–Crippen LogP) is 7.57. The summed E-state index contributed by atoms with van der Waals surface area (Å²) in [7, 11) is -2.92. The van der Waals surface area contributed by atoms with Crippen LogP contribution in [-0.4, -0.2) is 12.6 Å². The highest BCUT2D eigenvalue weighted by Gasteiger charge is 2.43. The van der Waals surface area contributed by atoms with Gasteiger partial charge in [0, 0.05) is 16.3 Å². The Bertz CT molecular complexity index is 2370. The molecule has 224 valence electrons. The number of nitriles is 2. The van der Waals surface area contributed by atoms with Crippen molar-refractivity contribution in [3.8, 4) is 29.0 Å². The van der Waals surface area contributed by atoms with Crippen molar-refractivity contribution < 1.29 is 0 Å². The van der Waals surface area contributed by atoms with Gasteiger partial charge in [-0.15, -0.1) is 0 Å². The first-order valence-electron chi connectivity index (χ1n) is 16.0. The Labute approximate surface area is 280 Å². The number of rotatable bonds is 6. The third-order valence-corrected chi connectivity index (χ3v) is 14.3. The van der Waals surface area contributed by atoms with Crippen LogP contribution >= 0.6 is 0 Å². The molecule has 0 unspecified atom stereocenters. The zero-order valence-electron chi connectivity index (χ0n) is 26.1. The van der Waals surface area contributed by atoms with E-state index in [1.165, 1.54) is 15.6 Å². The Hall–Kier alpha value is -6.46. The molecule has 1 aromatic heterocycles. The first kappa shape index (κ1) is 29.0. The van der Waals surface area contributed by atoms with Gasteiger partial charge in [0.25, 0.3) is 0 Å². The molecular formula is C44H29N3Si. The van der Waals surface area contributed by atoms with Crippen LogP contribution in [0, 0.1) is 22.7 Å². The van der Waals surface area contributed by atoms with Crippen molar-refractivity contribution in [2.24, 2.45) is 0 Å². The molecule has 4 heteroatoms. The summed E-state index contributed by atoms with van der Waals surface area (Å²) in [6, 6.07) is 65.8. The van der Waals surface area contributed by atoms with Gasteiger partial charge in [-0.05, 0) is 50.6 Å². The van der Waals surface area contributed by atoms with Crippen LogP contribution < -0.4 is 20.7 Å². The molecule has 0 amide bonds. The maximum absolute atomic E-state index is 10.9. The largest absolute Gasteiger partial charge is 0.308 e. The van der Waals surface area contributed by atoms with E-state index in [9.17, 15) is 10.5 Å². The summed E-state index contributed by atoms with van der Waals surface area (Å²) in [5, 5.41) is 28.5. The van der Waals surface area contributed by atoms with Gasteiger partial charge in [-0.2, -0.15) is 10.5 Å². The summed E-state index contributed by atoms with van der Waals surface area (Å²) in [6.45, 7) is 0. The van der Waals surface area contributed by atoms with Gasteiger partial charge in [-0.3, -0.25) is 0 Å². The lowest BCUT2D eigenvalue weighted by molar-refractivity contribution is 1.17. The molecule has 8 rings (SSSR count). The van der Waals surface area contributed by atoms with Crippen LogP contribution in [0.5, 0.6) is 0 Å². The Kier molecular flexibility index (Phi) is 7.27. The number of nitrogens with zero attached hydrogens (tertiary/aromatic N) is 3. The van der Waals surface area contributed by atoms with E-state index in [1.807, 2.05) is 54.6 Å². The SMILES string of the molecule is N#Cc1cc(-c2cccc(-n3c4ccccc4c4ccccc43)c2C#N)ccc1[Si](c1ccccc1)(c1ccccc1)c1ccccc1. The first-order chi connectivity index (χ1) is 23.8. The molecule has 0 fully saturated rings. The van der Waals surface area contributed by atoms with Gasteiger partial charge in [0.1, 0.15) is 6.07 Å². The Morgan fingerprint density at radius 1 is 0.458 bits per heavy atom. The number of hydrogen-bond donors (Lipinski definition) is 0. The molecule has 48 heavy (non-hydrogen) atoms. The lowest BCUT2D eigenvalue weighted by Crippen LogP contribution is -2.75. The summed E-state index contributed by atoms with van der Waals surface area (Å²) in [5.74, 6) is 0. The van der Waals surface area contributed by atoms with E-state index >= 15 is 0 Å². The van der Waals surface area contributed by atoms with Gasteiger partial charge >= 0.3 is 0 Å². The lowest BCUT2D eigenvalue weighted by atomic mass is 9.97. The summed E-state index contributed by atoms with van der Waals surface area (Å²) in [4.78, 5) is 0. The molecular weight excluding hydrogens is 599 g/mol. The van der Waals surface area contributed by atoms with Crippen molar-refractivity contribution in [3.05, 3.63) is 187 Å². The summed E-state index contributed by atoms with van der Waals surface area (Å²) in [6.07, 6.45) is 0. The monoisotopic (exact) mass is 627 g/mol. The van der Waals surface area contributed by atoms with Gasteiger partial charge < -0.3 is 4.57 Å². The van der Waals surface area contributed by atoms with Crippen molar-refractivity contribution in [3.63, 3.8) is 0 Å². The van der Waals surface area contributed by atoms with E-state index in [0.717, 1.165) is 43.8 Å². The Balaban J connectivity index is 1.38. The Morgan fingerprint density at radius 2 is 0.958 bits per heavy atom. The second-order valence-corrected chi connectivity index (χ2v) is 15.7. The summed E-state index contributed by atoms with van der Waals surface area (Å²) in [5.41, 5.74) is 5.73. The average Bonchev–Trinajstić information content (AvgIpc) is 3.50. The van der Waals surface area contributed by atoms with Crippen LogP contribution in [0.2, 0.25) is 0 Å². The van der Waals surface area contributed by atoms with Crippen LogP contribution in [0.1, 0.15) is 11.1 Å². The first-order valence-corrected chi connectivity index (χ1v) is 18.0. The topological polar surface area (TPSA) is 52.5 Å². The molecule has 0 saturated heterocycles. The van der Waals surface area contributed by atoms with Gasteiger partial charge in [-0.25, -0.2) is 0 Å². The minimum absolute atomic E-state index is 0.568. The molecule has 0 atom stereocenters. The Morgan fingerprint density at radius 3 is 1.46 bits per heavy atom. The highest BCUT2D eigenvalue weighted by atomic mass is 28.3. The van der Waals surface area contributed by atoms with Crippen LogP contribution in [0.4, 0.5) is 0 Å². The summed E-state index contributed by atoms with van der Waals surface area (Å²) >= 11 is 0. The van der Waals surface area contributed by atoms with Gasteiger partial charge in [0.15, 0.2) is 8.07 Å². The maximum Gasteiger partial charge on any atom is 0.180 e. The van der Waals surface area contributed by atoms with Crippen molar-refractivity contribution in [2.75, 3.05) is 0 Å². The zero-order chi connectivity index (χ0) is 32.5. The van der Waals surface area contributed by atoms with E-state index in [-0.39, 0.29) is 0 Å². The van der Waals surface area contributed by atoms with E-state index in [0.29, 0.717) is 11.1 Å². The molecule has 0 bridgehead atoms. The fraction of sp³-hybridized carbons (Fsp3) is 0. The normalized spacial score (nSPS) is 11.3. The highest BCUT2D eigenvalue weighted by Crippen LogP contribution is 2.36. The summed E-state index contributed by atoms with van der Waals surface area (Å²) < 4.78 is 2.18. The highest BCUT2D eigenvalue weighted by molar-refractivity contribution is 7.20. The van der Waals surface area contributed by atoms with E-state index < -0.39 is 8.07 Å². The van der Waals surface area contributed by atoms with Gasteiger partial charge in [0.05, 0.1) is 33.9 Å². The zero-order valence-corrected chi connectivity index (χ0v) is 27.1. The quantitative estimate of drug-likeness (QED) is 0.141. The number of hydrogen-bond acceptors (Lipinski definition) is 2. The van der Waals surface area contributed by atoms with E-state index in [1.54, 1.807) is 0 Å². The second-order valence-electron chi connectivity index (χ2n) is 11.9. The van der Waals surface area contributed by atoms with Gasteiger partial charge in [-0.1, -0.05) is 152 Å².